The number of rotatable bonds is 5. The second kappa shape index (κ2) is 5.36. The Morgan fingerprint density at radius 2 is 2.10 bits per heavy atom. The lowest BCUT2D eigenvalue weighted by atomic mass is 10.3. The molecule has 114 valence electrons. The Bertz CT molecular complexity index is 640. The van der Waals surface area contributed by atoms with Gasteiger partial charge in [-0.3, -0.25) is 4.90 Å². The number of hydrogen-bond donors (Lipinski definition) is 2. The van der Waals surface area contributed by atoms with E-state index in [4.69, 9.17) is 5.11 Å². The van der Waals surface area contributed by atoms with E-state index in [1.165, 1.54) is 25.0 Å². The summed E-state index contributed by atoms with van der Waals surface area (Å²) in [6.45, 7) is 1.65. The van der Waals surface area contributed by atoms with Crippen LogP contribution in [0.2, 0.25) is 0 Å². The van der Waals surface area contributed by atoms with Crippen molar-refractivity contribution in [3.63, 3.8) is 0 Å². The quantitative estimate of drug-likeness (QED) is 0.811. The zero-order chi connectivity index (χ0) is 15.0. The predicted molar refractivity (Wildman–Crippen MR) is 74.5 cm³/mol. The molecule has 2 heterocycles. The van der Waals surface area contributed by atoms with Crippen LogP contribution in [0.5, 0.6) is 0 Å². The molecule has 1 unspecified atom stereocenters. The molecule has 1 saturated carbocycles. The summed E-state index contributed by atoms with van der Waals surface area (Å²) < 4.78 is 27.1. The maximum absolute atomic E-state index is 12.2. The summed E-state index contributed by atoms with van der Waals surface area (Å²) in [6, 6.07) is 3.00. The fourth-order valence-corrected chi connectivity index (χ4v) is 3.79. The Kier molecular flexibility index (Phi) is 3.68. The van der Waals surface area contributed by atoms with Crippen molar-refractivity contribution < 1.29 is 18.3 Å². The van der Waals surface area contributed by atoms with Crippen molar-refractivity contribution in [2.75, 3.05) is 13.1 Å². The van der Waals surface area contributed by atoms with E-state index in [1.54, 1.807) is 0 Å². The number of carboxylic acid groups (broad SMARTS) is 1. The van der Waals surface area contributed by atoms with Gasteiger partial charge >= 0.3 is 5.97 Å². The molecule has 0 spiro atoms. The van der Waals surface area contributed by atoms with Crippen LogP contribution in [0.15, 0.2) is 23.4 Å². The summed E-state index contributed by atoms with van der Waals surface area (Å²) >= 11 is 0. The van der Waals surface area contributed by atoms with E-state index in [2.05, 4.69) is 14.6 Å². The first kappa shape index (κ1) is 14.4. The third-order valence-electron chi connectivity index (χ3n) is 3.86. The Morgan fingerprint density at radius 3 is 2.67 bits per heavy atom. The first-order valence-electron chi connectivity index (χ1n) is 6.91. The maximum atomic E-state index is 12.2. The number of nitrogens with one attached hydrogen (secondary N) is 1. The van der Waals surface area contributed by atoms with Gasteiger partial charge in [-0.2, -0.15) is 0 Å². The van der Waals surface area contributed by atoms with Crippen molar-refractivity contribution in [2.24, 2.45) is 0 Å². The number of pyridine rings is 1. The number of carbonyl (C=O) groups is 1. The first-order chi connectivity index (χ1) is 9.95. The molecule has 1 aromatic heterocycles. The average Bonchev–Trinajstić information content (AvgIpc) is 3.20. The van der Waals surface area contributed by atoms with Crippen LogP contribution in [0.1, 0.15) is 29.6 Å². The number of hydrogen-bond acceptors (Lipinski definition) is 5. The molecule has 0 radical (unpaired) electrons. The lowest BCUT2D eigenvalue weighted by Gasteiger charge is -2.15. The molecule has 7 nitrogen and oxygen atoms in total. The molecule has 1 aromatic rings. The normalized spacial score (nSPS) is 23.3. The van der Waals surface area contributed by atoms with Crippen molar-refractivity contribution in [3.05, 3.63) is 23.9 Å². The molecule has 2 N–H and O–H groups in total. The van der Waals surface area contributed by atoms with Crippen LogP contribution in [0.4, 0.5) is 0 Å². The smallest absolute Gasteiger partial charge is 0.337 e. The number of likely N-dealkylation sites (tertiary alicyclic amines) is 1. The molecule has 0 aromatic carbocycles. The topological polar surface area (TPSA) is 99.6 Å². The standard InChI is InChI=1S/C13H17N3O4S/c17-13(18)9-1-4-12(14-7-9)21(19,20)15-10-5-6-16(8-10)11-2-3-11/h1,4,7,10-11,15H,2-3,5-6,8H2,(H,17,18). The van der Waals surface area contributed by atoms with Gasteiger partial charge in [-0.25, -0.2) is 22.9 Å². The average molecular weight is 311 g/mol. The number of aromatic carboxylic acids is 1. The number of aromatic nitrogens is 1. The molecule has 1 saturated heterocycles. The van der Waals surface area contributed by atoms with Crippen LogP contribution in [0.3, 0.4) is 0 Å². The second-order valence-corrected chi connectivity index (χ2v) is 7.18. The van der Waals surface area contributed by atoms with E-state index in [1.807, 2.05) is 0 Å². The minimum atomic E-state index is -3.70. The van der Waals surface area contributed by atoms with Gasteiger partial charge in [0.1, 0.15) is 0 Å². The minimum absolute atomic E-state index is 0.0327. The molecule has 1 aliphatic heterocycles. The highest BCUT2D eigenvalue weighted by atomic mass is 32.2. The van der Waals surface area contributed by atoms with Gasteiger partial charge in [-0.15, -0.1) is 0 Å². The van der Waals surface area contributed by atoms with Gasteiger partial charge in [0.05, 0.1) is 5.56 Å². The van der Waals surface area contributed by atoms with Crippen LogP contribution < -0.4 is 4.72 Å². The zero-order valence-corrected chi connectivity index (χ0v) is 12.2. The number of carboxylic acids is 1. The lowest BCUT2D eigenvalue weighted by Crippen LogP contribution is -2.37. The maximum Gasteiger partial charge on any atom is 0.337 e. The molecule has 0 bridgehead atoms. The van der Waals surface area contributed by atoms with Crippen molar-refractivity contribution in [3.8, 4) is 0 Å². The Hall–Kier alpha value is -1.51. The third kappa shape index (κ3) is 3.22. The summed E-state index contributed by atoms with van der Waals surface area (Å²) in [6.07, 6.45) is 4.26. The Morgan fingerprint density at radius 1 is 1.33 bits per heavy atom. The molecule has 2 fully saturated rings. The third-order valence-corrected chi connectivity index (χ3v) is 5.30. The molecule has 3 rings (SSSR count). The van der Waals surface area contributed by atoms with Gasteiger partial charge in [0.15, 0.2) is 5.03 Å². The largest absolute Gasteiger partial charge is 0.478 e. The second-order valence-electron chi connectivity index (χ2n) is 5.52. The molecule has 21 heavy (non-hydrogen) atoms. The first-order valence-corrected chi connectivity index (χ1v) is 8.40. The minimum Gasteiger partial charge on any atom is -0.478 e. The predicted octanol–water partition coefficient (Wildman–Crippen LogP) is 0.295. The van der Waals surface area contributed by atoms with E-state index in [9.17, 15) is 13.2 Å². The number of sulfonamides is 1. The van der Waals surface area contributed by atoms with Crippen LogP contribution in [-0.2, 0) is 10.0 Å². The lowest BCUT2D eigenvalue weighted by molar-refractivity contribution is 0.0696. The van der Waals surface area contributed by atoms with E-state index >= 15 is 0 Å². The van der Waals surface area contributed by atoms with Gasteiger partial charge in [0, 0.05) is 31.4 Å². The molecular weight excluding hydrogens is 294 g/mol. The molecule has 2 aliphatic rings. The van der Waals surface area contributed by atoms with Crippen molar-refractivity contribution in [1.82, 2.24) is 14.6 Å². The van der Waals surface area contributed by atoms with E-state index < -0.39 is 16.0 Å². The van der Waals surface area contributed by atoms with E-state index in [0.29, 0.717) is 6.04 Å². The monoisotopic (exact) mass is 311 g/mol. The summed E-state index contributed by atoms with van der Waals surface area (Å²) in [5.41, 5.74) is -0.0327. The molecule has 1 atom stereocenters. The fraction of sp³-hybridized carbons (Fsp3) is 0.538. The summed E-state index contributed by atoms with van der Waals surface area (Å²) in [5.74, 6) is -1.13. The summed E-state index contributed by atoms with van der Waals surface area (Å²) in [5, 5.41) is 8.64. The number of nitrogens with zero attached hydrogens (tertiary/aromatic N) is 2. The molecule has 0 amide bonds. The van der Waals surface area contributed by atoms with Crippen molar-refractivity contribution in [1.29, 1.82) is 0 Å². The molecule has 8 heteroatoms. The Balaban J connectivity index is 1.67. The fourth-order valence-electron chi connectivity index (χ4n) is 2.60. The van der Waals surface area contributed by atoms with Gasteiger partial charge in [-0.05, 0) is 31.4 Å². The SMILES string of the molecule is O=C(O)c1ccc(S(=O)(=O)NC2CCN(C3CC3)C2)nc1. The highest BCUT2D eigenvalue weighted by Gasteiger charge is 2.36. The highest BCUT2D eigenvalue weighted by molar-refractivity contribution is 7.89. The van der Waals surface area contributed by atoms with Gasteiger partial charge in [0.2, 0.25) is 0 Å². The van der Waals surface area contributed by atoms with Crippen LogP contribution in [-0.4, -0.2) is 54.6 Å². The Labute approximate surface area is 123 Å². The van der Waals surface area contributed by atoms with Gasteiger partial charge in [-0.1, -0.05) is 0 Å². The molecular formula is C13H17N3O4S. The van der Waals surface area contributed by atoms with E-state index in [-0.39, 0.29) is 16.6 Å². The van der Waals surface area contributed by atoms with Crippen LogP contribution >= 0.6 is 0 Å². The van der Waals surface area contributed by atoms with Crippen LogP contribution in [0, 0.1) is 0 Å². The molecule has 1 aliphatic carbocycles. The summed E-state index contributed by atoms with van der Waals surface area (Å²) in [7, 11) is -3.70. The van der Waals surface area contributed by atoms with Crippen molar-refractivity contribution in [2.45, 2.75) is 36.4 Å². The zero-order valence-electron chi connectivity index (χ0n) is 11.4. The van der Waals surface area contributed by atoms with Crippen molar-refractivity contribution >= 4 is 16.0 Å². The highest BCUT2D eigenvalue weighted by Crippen LogP contribution is 2.30. The van der Waals surface area contributed by atoms with E-state index in [0.717, 1.165) is 25.7 Å². The summed E-state index contributed by atoms with van der Waals surface area (Å²) in [4.78, 5) is 16.8. The van der Waals surface area contributed by atoms with Gasteiger partial charge in [0.25, 0.3) is 10.0 Å². The van der Waals surface area contributed by atoms with Gasteiger partial charge < -0.3 is 5.11 Å². The van der Waals surface area contributed by atoms with Crippen LogP contribution in [0.25, 0.3) is 0 Å².